The van der Waals surface area contributed by atoms with Crippen molar-refractivity contribution in [2.24, 2.45) is 87.6 Å². The third-order valence-corrected chi connectivity index (χ3v) is 26.1. The van der Waals surface area contributed by atoms with Crippen LogP contribution in [0, 0.1) is 81.8 Å². The molecule has 1 atom stereocenters. The first-order valence-electron chi connectivity index (χ1n) is 40.1. The molecule has 17 aliphatic rings. The Morgan fingerprint density at radius 3 is 1.27 bits per heavy atom. The van der Waals surface area contributed by atoms with Crippen molar-refractivity contribution in [3.05, 3.63) is 166 Å². The van der Waals surface area contributed by atoms with Gasteiger partial charge in [-0.25, -0.2) is 24.0 Å². The van der Waals surface area contributed by atoms with Gasteiger partial charge >= 0.3 is 29.5 Å². The van der Waals surface area contributed by atoms with E-state index in [1.807, 2.05) is 0 Å². The number of carbonyl (C=O) groups excluding carboxylic acids is 4. The number of allylic oxidation sites excluding steroid dienone is 4. The molecular formula is C88H113ClN2O24. The fourth-order valence-electron chi connectivity index (χ4n) is 22.9. The number of hydrogen-bond donors (Lipinski definition) is 17. The molecule has 26 nitrogen and oxygen atoms in total. The largest absolute Gasteiger partial charge is 0.516 e. The highest BCUT2D eigenvalue weighted by Gasteiger charge is 2.56. The number of aromatic hydroxyl groups is 6. The number of carbonyl (C=O) groups is 6. The van der Waals surface area contributed by atoms with E-state index in [2.05, 4.69) is 32.7 Å². The fraction of sp³-hybridized carbons (Fsp3) is 0.545. The molecule has 16 bridgehead atoms. The van der Waals surface area contributed by atoms with Crippen LogP contribution in [0.3, 0.4) is 0 Å². The van der Waals surface area contributed by atoms with Crippen molar-refractivity contribution >= 4 is 47.0 Å². The van der Waals surface area contributed by atoms with E-state index in [4.69, 9.17) is 42.9 Å². The normalized spacial score (nSPS) is 31.4. The minimum Gasteiger partial charge on any atom is -0.511 e. The third-order valence-electron chi connectivity index (χ3n) is 26.0. The van der Waals surface area contributed by atoms with Gasteiger partial charge in [0.25, 0.3) is 0 Å². The summed E-state index contributed by atoms with van der Waals surface area (Å²) in [7, 11) is 0. The van der Waals surface area contributed by atoms with E-state index in [1.54, 1.807) is 19.9 Å². The molecule has 0 heterocycles. The number of aliphatic hydroxyl groups is 7. The van der Waals surface area contributed by atoms with Crippen LogP contribution < -0.4 is 11.1 Å². The van der Waals surface area contributed by atoms with E-state index < -0.39 is 47.3 Å². The van der Waals surface area contributed by atoms with E-state index in [-0.39, 0.29) is 117 Å². The van der Waals surface area contributed by atoms with E-state index >= 15 is 0 Å². The monoisotopic (exact) mass is 1620 g/mol. The van der Waals surface area contributed by atoms with Crippen LogP contribution >= 0.6 is 11.6 Å². The second kappa shape index (κ2) is 37.5. The van der Waals surface area contributed by atoms with Crippen LogP contribution in [0.4, 0.5) is 9.59 Å². The topological polar surface area (TPSA) is 472 Å². The lowest BCUT2D eigenvalue weighted by Crippen LogP contribution is -2.50. The number of nitrogens with one attached hydrogen (secondary N) is 1. The molecule has 16 fully saturated rings. The molecule has 17 aliphatic carbocycles. The van der Waals surface area contributed by atoms with Crippen LogP contribution in [0.5, 0.6) is 34.5 Å². The number of carboxylic acid groups (broad SMARTS) is 2. The smallest absolute Gasteiger partial charge is 0.511 e. The zero-order chi connectivity index (χ0) is 83.6. The molecule has 0 radical (unpaired) electrons. The van der Waals surface area contributed by atoms with Gasteiger partial charge in [0, 0.05) is 84.2 Å². The van der Waals surface area contributed by atoms with Crippen LogP contribution in [0.1, 0.15) is 201 Å². The van der Waals surface area contributed by atoms with Gasteiger partial charge in [0.2, 0.25) is 5.91 Å². The number of rotatable bonds is 16. The fourth-order valence-corrected chi connectivity index (χ4v) is 23.0. The number of hydrogen-bond acceptors (Lipinski definition) is 23. The molecule has 3 aromatic carbocycles. The molecule has 0 saturated heterocycles. The second-order valence-electron chi connectivity index (χ2n) is 34.7. The molecule has 3 aromatic rings. The summed E-state index contributed by atoms with van der Waals surface area (Å²) in [6.07, 6.45) is 33.3. The Hall–Kier alpha value is -9.63. The lowest BCUT2D eigenvalue weighted by atomic mass is 9.48. The summed E-state index contributed by atoms with van der Waals surface area (Å²) in [5.41, 5.74) is 6.96. The van der Waals surface area contributed by atoms with Gasteiger partial charge in [0.15, 0.2) is 0 Å². The molecule has 0 aliphatic heterocycles. The summed E-state index contributed by atoms with van der Waals surface area (Å²) in [6, 6.07) is 11.2. The van der Waals surface area contributed by atoms with Crippen LogP contribution in [-0.4, -0.2) is 137 Å². The Bertz CT molecular complexity index is 4170. The highest BCUT2D eigenvalue weighted by molar-refractivity contribution is 6.61. The van der Waals surface area contributed by atoms with E-state index in [9.17, 15) is 79.8 Å². The standard InChI is InChI=1S/C24H29NO5.C20H26O6.C17H20O4.C10H16O.C7H9NO2.C7H8O4.C3H5ClO2/c1-14(24-10-15-4-16(11-24)6-17(5-15)12-24)21(28)8-20(27)9-23(30)25-13-18-2-3-19(26)7-22(18)29;1-3-25-19(24)26-18(23)8-16(21)7-17(22)12(2)20-9-13-4-14(10-20)6-15(5-13)11-20;18-14-5-15(19)13(4-12(14)16(20)21)17-6-9-1-10(7-17)3-11(2-9)8-17;11-10-4-7-1-8(5-10)3-9(2-7)6-10;8-4-5-1-2-6(9)3-7(5)10;8-4-1-2-5(7(10)11)6(9)3-4;1-2-6-3(4)5/h2-3,7-9,15-17,26-29H,1,4-6,10-13H2,(H,25,30);7-8,13-15,21-22H,2-6,9-11H2,1H3;4-5,9-11,18-19H,1-3,6-8H2,(H,20,21);7-9,11H,1-6H2;1-3,9-10H,4,8H2;1-2,4,8-9H,3H2,(H,10,11);2H2,1H3/b20-9-,21-8+;16-8-,17-7+;;;;;. The van der Waals surface area contributed by atoms with Gasteiger partial charge in [-0.1, -0.05) is 25.3 Å². The number of aromatic carboxylic acids is 1. The van der Waals surface area contributed by atoms with Crippen LogP contribution in [0.15, 0.2) is 144 Å². The number of aliphatic hydroxyl groups excluding tert-OH is 6. The number of aliphatic carboxylic acids is 1. The molecule has 27 heteroatoms. The first-order chi connectivity index (χ1) is 54.4. The first kappa shape index (κ1) is 87.7. The second-order valence-corrected chi connectivity index (χ2v) is 35.0. The number of carboxylic acids is 2. The number of ether oxygens (including phenoxy) is 3. The summed E-state index contributed by atoms with van der Waals surface area (Å²) in [5.74, 6) is 3.44. The number of amides is 1. The first-order valence-corrected chi connectivity index (χ1v) is 40.5. The Morgan fingerprint density at radius 1 is 0.513 bits per heavy atom. The SMILES string of the molecule is C=C(/C(O)=C\C(O)=C\C(=O)NCc1ccc(O)cc1O)C12CC3CC(CC(C3)C1)C2.C=C(/C(O)=C\C(O)=C\C(=O)OC(=O)OCC)C12CC3CC(CC(C3)C1)C2.CCOC(=O)Cl.NCc1ccc(O)cc1O.O=C(O)C1=C(O)CC(O)C=C1.O=C(O)c1cc(C23CC4CC(CC(C4)C2)C3)c(O)cc1O.OC12CC3CC(CC(C3)C1)C2. The number of halogens is 1. The zero-order valence-corrected chi connectivity index (χ0v) is 66.1. The molecule has 20 rings (SSSR count). The van der Waals surface area contributed by atoms with Gasteiger partial charge in [0.05, 0.1) is 36.6 Å². The average Bonchev–Trinajstić information content (AvgIpc) is 1.14. The van der Waals surface area contributed by atoms with Crippen molar-refractivity contribution in [1.82, 2.24) is 5.32 Å². The van der Waals surface area contributed by atoms with Crippen molar-refractivity contribution in [2.75, 3.05) is 13.2 Å². The predicted octanol–water partition coefficient (Wildman–Crippen LogP) is 16.1. The Labute approximate surface area is 674 Å². The van der Waals surface area contributed by atoms with Crippen LogP contribution in [0.25, 0.3) is 0 Å². The molecular weight excluding hydrogens is 1500 g/mol. The van der Waals surface area contributed by atoms with Crippen molar-refractivity contribution in [3.8, 4) is 34.5 Å². The van der Waals surface area contributed by atoms with E-state index in [0.29, 0.717) is 64.4 Å². The number of phenolic OH excluding ortho intramolecular Hbond substituents is 5. The molecule has 1 amide bonds. The lowest BCUT2D eigenvalue weighted by molar-refractivity contribution is -0.134. The summed E-state index contributed by atoms with van der Waals surface area (Å²) < 4.78 is 13.0. The Balaban J connectivity index is 0.000000150. The van der Waals surface area contributed by atoms with Crippen molar-refractivity contribution in [3.63, 3.8) is 0 Å². The molecule has 0 spiro atoms. The average molecular weight is 1620 g/mol. The highest BCUT2D eigenvalue weighted by Crippen LogP contribution is 2.66. The summed E-state index contributed by atoms with van der Waals surface area (Å²) >= 11 is 4.72. The van der Waals surface area contributed by atoms with Gasteiger partial charge < -0.3 is 102 Å². The van der Waals surface area contributed by atoms with Crippen molar-refractivity contribution < 1.29 is 120 Å². The van der Waals surface area contributed by atoms with E-state index in [1.165, 1.54) is 138 Å². The van der Waals surface area contributed by atoms with Crippen molar-refractivity contribution in [2.45, 2.75) is 205 Å². The Kier molecular flexibility index (Phi) is 28.6. The minimum atomic E-state index is -1.18. The van der Waals surface area contributed by atoms with Gasteiger partial charge in [-0.2, -0.15) is 0 Å². The maximum Gasteiger partial charge on any atom is 0.516 e. The van der Waals surface area contributed by atoms with Crippen LogP contribution in [0.2, 0.25) is 0 Å². The maximum absolute atomic E-state index is 12.1. The highest BCUT2D eigenvalue weighted by atomic mass is 35.5. The number of esters is 1. The minimum absolute atomic E-state index is 0.0157. The summed E-state index contributed by atoms with van der Waals surface area (Å²) in [5, 5.41) is 146. The quantitative estimate of drug-likeness (QED) is 0.0158. The molecule has 626 valence electrons. The molecule has 18 N–H and O–H groups in total. The maximum atomic E-state index is 12.1. The van der Waals surface area contributed by atoms with Gasteiger partial charge in [-0.15, -0.1) is 0 Å². The number of nitrogens with two attached hydrogens (primary N) is 1. The lowest BCUT2D eigenvalue weighted by Gasteiger charge is -2.57. The molecule has 115 heavy (non-hydrogen) atoms. The Morgan fingerprint density at radius 2 is 0.913 bits per heavy atom. The number of phenols is 6. The molecule has 1 unspecified atom stereocenters. The van der Waals surface area contributed by atoms with Crippen LogP contribution in [-0.2, 0) is 47.1 Å². The van der Waals surface area contributed by atoms with Gasteiger partial charge in [-0.05, 0) is 297 Å². The number of benzene rings is 3. The summed E-state index contributed by atoms with van der Waals surface area (Å²) in [4.78, 5) is 65.8. The van der Waals surface area contributed by atoms with Crippen molar-refractivity contribution in [1.29, 1.82) is 0 Å². The zero-order valence-electron chi connectivity index (χ0n) is 65.3. The predicted molar refractivity (Wildman–Crippen MR) is 424 cm³/mol. The van der Waals surface area contributed by atoms with E-state index in [0.717, 1.165) is 136 Å². The molecule has 0 aromatic heterocycles. The third kappa shape index (κ3) is 22.5. The molecule has 16 saturated carbocycles. The van der Waals surface area contributed by atoms with Gasteiger partial charge in [0.1, 0.15) is 68.9 Å². The summed E-state index contributed by atoms with van der Waals surface area (Å²) in [6.45, 7) is 12.3. The van der Waals surface area contributed by atoms with Gasteiger partial charge in [-0.3, -0.25) is 4.79 Å².